The molecular formula is C6H12Ca2O6. The fraction of sp³-hybridized carbons (Fsp3) is 0.500. The van der Waals surface area contributed by atoms with Crippen molar-refractivity contribution in [1.29, 1.82) is 0 Å². The molecule has 1 aliphatic rings. The van der Waals surface area contributed by atoms with Crippen molar-refractivity contribution in [2.45, 2.75) is 12.2 Å². The molecule has 14 heavy (non-hydrogen) atoms. The molecule has 1 heterocycles. The van der Waals surface area contributed by atoms with Crippen LogP contribution >= 0.6 is 0 Å². The van der Waals surface area contributed by atoms with Crippen LogP contribution in [-0.4, -0.2) is 121 Å². The van der Waals surface area contributed by atoms with Crippen molar-refractivity contribution >= 4 is 81.4 Å². The molecule has 0 aromatic carbocycles. The molecule has 1 aliphatic heterocycles. The van der Waals surface area contributed by atoms with Crippen LogP contribution in [-0.2, 0) is 9.53 Å². The molecule has 8 heteroatoms. The molecule has 0 aromatic rings. The minimum atomic E-state index is -1.42. The van der Waals surface area contributed by atoms with Crippen LogP contribution < -0.4 is 0 Å². The third-order valence-corrected chi connectivity index (χ3v) is 1.48. The fourth-order valence-corrected chi connectivity index (χ4v) is 0.823. The molecule has 0 amide bonds. The smallest absolute Gasteiger partial charge is 1.00 e. The largest absolute Gasteiger partial charge is 2.00 e. The molecule has 0 fully saturated rings. The molecule has 2 atom stereocenters. The van der Waals surface area contributed by atoms with Gasteiger partial charge in [-0.15, -0.1) is 0 Å². The van der Waals surface area contributed by atoms with Crippen LogP contribution in [0.4, 0.5) is 0 Å². The van der Waals surface area contributed by atoms with Gasteiger partial charge in [0.2, 0.25) is 5.76 Å². The molecule has 0 spiro atoms. The molecule has 0 saturated carbocycles. The summed E-state index contributed by atoms with van der Waals surface area (Å²) in [4.78, 5) is 10.5. The van der Waals surface area contributed by atoms with Crippen LogP contribution in [0, 0.1) is 0 Å². The Kier molecular flexibility index (Phi) is 9.46. The third-order valence-electron chi connectivity index (χ3n) is 1.48. The van der Waals surface area contributed by atoms with Crippen LogP contribution in [0.1, 0.15) is 5.71 Å². The number of aliphatic hydroxyl groups excluding tert-OH is 4. The maximum Gasteiger partial charge on any atom is 2.00 e. The standard InChI is InChI=1S/C6H8O6.2Ca.4H/c7-1-2(8)5-3(9)4(10)6(11)12-5;;;;;;/h2,5,7-10H,1H2;;;;;;/q;2*+2;4*-1/t2-,5+;;;;;;/m0....../s1. The zero-order chi connectivity index (χ0) is 9.30. The molecule has 6 nitrogen and oxygen atoms in total. The van der Waals surface area contributed by atoms with Gasteiger partial charge in [-0.1, -0.05) is 0 Å². The monoisotopic (exact) mass is 260 g/mol. The van der Waals surface area contributed by atoms with Gasteiger partial charge < -0.3 is 30.9 Å². The first-order valence-corrected chi connectivity index (χ1v) is 3.20. The first-order chi connectivity index (χ1) is 5.57. The summed E-state index contributed by atoms with van der Waals surface area (Å²) in [5.41, 5.74) is 0. The summed E-state index contributed by atoms with van der Waals surface area (Å²) in [5, 5.41) is 35.0. The number of cyclic esters (lactones) is 1. The van der Waals surface area contributed by atoms with Gasteiger partial charge in [0.05, 0.1) is 6.61 Å². The van der Waals surface area contributed by atoms with E-state index in [0.717, 1.165) is 0 Å². The summed E-state index contributed by atoms with van der Waals surface area (Å²) in [7, 11) is 0. The van der Waals surface area contributed by atoms with Crippen molar-refractivity contribution in [1.82, 2.24) is 0 Å². The Balaban J connectivity index is -0.0000000600. The number of carbonyl (C=O) groups excluding carboxylic acids is 1. The Morgan fingerprint density at radius 1 is 1.43 bits per heavy atom. The van der Waals surface area contributed by atoms with Gasteiger partial charge in [0.15, 0.2) is 11.9 Å². The van der Waals surface area contributed by atoms with Gasteiger partial charge in [0.1, 0.15) is 6.10 Å². The summed E-state index contributed by atoms with van der Waals surface area (Å²) >= 11 is 0. The molecule has 0 aromatic heterocycles. The number of carbonyl (C=O) groups is 1. The van der Waals surface area contributed by atoms with E-state index in [9.17, 15) is 4.79 Å². The van der Waals surface area contributed by atoms with Crippen molar-refractivity contribution in [2.75, 3.05) is 6.61 Å². The summed E-state index contributed by atoms with van der Waals surface area (Å²) < 4.78 is 4.32. The van der Waals surface area contributed by atoms with Gasteiger partial charge in [0, 0.05) is 0 Å². The predicted octanol–water partition coefficient (Wildman–Crippen LogP) is -1.72. The molecule has 1 rings (SSSR count). The topological polar surface area (TPSA) is 107 Å². The SMILES string of the molecule is O=C1O[C@H]([C@@H](O)CO)C(O)=C1O.[Ca+2].[Ca+2].[H-].[H-].[H-].[H-]. The average molecular weight is 260 g/mol. The van der Waals surface area contributed by atoms with E-state index in [4.69, 9.17) is 20.4 Å². The van der Waals surface area contributed by atoms with Crippen molar-refractivity contribution in [3.8, 4) is 0 Å². The predicted molar refractivity (Wildman–Crippen MR) is 51.2 cm³/mol. The van der Waals surface area contributed by atoms with Crippen molar-refractivity contribution in [3.05, 3.63) is 11.5 Å². The van der Waals surface area contributed by atoms with Crippen LogP contribution in [0.2, 0.25) is 0 Å². The minimum absolute atomic E-state index is 0. The van der Waals surface area contributed by atoms with Crippen LogP contribution in [0.5, 0.6) is 0 Å². The first-order valence-electron chi connectivity index (χ1n) is 3.20. The Hall–Kier alpha value is 1.25. The zero-order valence-electron chi connectivity index (χ0n) is 11.4. The van der Waals surface area contributed by atoms with Gasteiger partial charge in [-0.05, 0) is 0 Å². The van der Waals surface area contributed by atoms with E-state index in [1.165, 1.54) is 0 Å². The Labute approximate surface area is 145 Å². The van der Waals surface area contributed by atoms with Crippen molar-refractivity contribution in [3.63, 3.8) is 0 Å². The molecule has 0 unspecified atom stereocenters. The summed E-state index contributed by atoms with van der Waals surface area (Å²) in [5.74, 6) is -2.78. The van der Waals surface area contributed by atoms with Crippen LogP contribution in [0.3, 0.4) is 0 Å². The number of hydrogen-bond donors (Lipinski definition) is 4. The molecular weight excluding hydrogens is 248 g/mol. The summed E-state index contributed by atoms with van der Waals surface area (Å²) in [6.45, 7) is -0.671. The summed E-state index contributed by atoms with van der Waals surface area (Å²) in [6, 6.07) is 0. The second-order valence-electron chi connectivity index (χ2n) is 2.31. The van der Waals surface area contributed by atoms with E-state index in [2.05, 4.69) is 4.74 Å². The first kappa shape index (κ1) is 17.6. The van der Waals surface area contributed by atoms with E-state index in [1.54, 1.807) is 0 Å². The van der Waals surface area contributed by atoms with E-state index >= 15 is 0 Å². The molecule has 0 bridgehead atoms. The van der Waals surface area contributed by atoms with Crippen molar-refractivity contribution < 1.29 is 35.7 Å². The third kappa shape index (κ3) is 3.68. The summed E-state index contributed by atoms with van der Waals surface area (Å²) in [6.07, 6.45) is -2.78. The number of hydrogen-bond acceptors (Lipinski definition) is 6. The second-order valence-corrected chi connectivity index (χ2v) is 2.31. The van der Waals surface area contributed by atoms with Crippen LogP contribution in [0.25, 0.3) is 0 Å². The Morgan fingerprint density at radius 2 is 1.93 bits per heavy atom. The van der Waals surface area contributed by atoms with Gasteiger partial charge in [-0.2, -0.15) is 0 Å². The second kappa shape index (κ2) is 7.51. The number of rotatable bonds is 2. The number of esters is 1. The Bertz CT molecular complexity index is 254. The van der Waals surface area contributed by atoms with Gasteiger partial charge in [-0.3, -0.25) is 0 Å². The average Bonchev–Trinajstić information content (AvgIpc) is 2.32. The maximum atomic E-state index is 10.5. The Morgan fingerprint density at radius 3 is 2.21 bits per heavy atom. The van der Waals surface area contributed by atoms with Gasteiger partial charge in [0.25, 0.3) is 0 Å². The van der Waals surface area contributed by atoms with E-state index < -0.39 is 36.3 Å². The zero-order valence-corrected chi connectivity index (χ0v) is 11.8. The van der Waals surface area contributed by atoms with E-state index in [1.807, 2.05) is 0 Å². The van der Waals surface area contributed by atoms with Gasteiger partial charge >= 0.3 is 81.4 Å². The quantitative estimate of drug-likeness (QED) is 0.347. The van der Waals surface area contributed by atoms with Crippen LogP contribution in [0.15, 0.2) is 11.5 Å². The number of aliphatic hydroxyl groups is 4. The fourth-order valence-electron chi connectivity index (χ4n) is 0.823. The minimum Gasteiger partial charge on any atom is -1.00 e. The maximum absolute atomic E-state index is 10.5. The molecule has 0 aliphatic carbocycles. The number of ether oxygens (including phenoxy) is 1. The molecule has 4 N–H and O–H groups in total. The van der Waals surface area contributed by atoms with E-state index in [0.29, 0.717) is 0 Å². The normalized spacial score (nSPS) is 22.1. The van der Waals surface area contributed by atoms with Gasteiger partial charge in [-0.25, -0.2) is 4.79 Å². The molecule has 0 radical (unpaired) electrons. The van der Waals surface area contributed by atoms with E-state index in [-0.39, 0.29) is 81.2 Å². The van der Waals surface area contributed by atoms with Crippen molar-refractivity contribution in [2.24, 2.45) is 0 Å². The molecule has 0 saturated heterocycles. The molecule has 76 valence electrons.